The molecule has 0 fully saturated rings. The van der Waals surface area contributed by atoms with E-state index in [9.17, 15) is 0 Å². The van der Waals surface area contributed by atoms with Crippen LogP contribution in [0.25, 0.3) is 0 Å². The van der Waals surface area contributed by atoms with Gasteiger partial charge in [-0.3, -0.25) is 0 Å². The van der Waals surface area contributed by atoms with Gasteiger partial charge in [-0.2, -0.15) is 0 Å². The van der Waals surface area contributed by atoms with Crippen LogP contribution < -0.4 is 10.6 Å². The molecule has 0 saturated heterocycles. The zero-order valence-corrected chi connectivity index (χ0v) is 13.7. The molecule has 5 heteroatoms. The minimum absolute atomic E-state index is 0.110. The Morgan fingerprint density at radius 1 is 1.42 bits per heavy atom. The van der Waals surface area contributed by atoms with Crippen molar-refractivity contribution in [1.82, 2.24) is 15.6 Å². The molecular weight excluding hydrogens is 256 g/mol. The van der Waals surface area contributed by atoms with Crippen LogP contribution in [-0.4, -0.2) is 23.5 Å². The van der Waals surface area contributed by atoms with Gasteiger partial charge in [-0.1, -0.05) is 20.8 Å². The van der Waals surface area contributed by atoms with E-state index in [4.69, 9.17) is 0 Å². The summed E-state index contributed by atoms with van der Waals surface area (Å²) >= 11 is 1.68. The van der Waals surface area contributed by atoms with E-state index in [-0.39, 0.29) is 5.41 Å². The molecule has 19 heavy (non-hydrogen) atoms. The molecule has 0 bridgehead atoms. The molecule has 1 heterocycles. The van der Waals surface area contributed by atoms with Crippen LogP contribution in [0.4, 0.5) is 0 Å². The molecule has 1 rings (SSSR count). The molecule has 1 aromatic rings. The molecule has 0 radical (unpaired) electrons. The maximum atomic E-state index is 4.65. The Morgan fingerprint density at radius 2 is 2.11 bits per heavy atom. The monoisotopic (exact) mass is 282 g/mol. The zero-order chi connectivity index (χ0) is 14.5. The lowest BCUT2D eigenvalue weighted by Crippen LogP contribution is -2.41. The lowest BCUT2D eigenvalue weighted by atomic mass is 9.93. The predicted molar refractivity (Wildman–Crippen MR) is 83.9 cm³/mol. The highest BCUT2D eigenvalue weighted by atomic mass is 32.1. The first-order valence-corrected chi connectivity index (χ1v) is 7.70. The van der Waals surface area contributed by atoms with E-state index in [1.807, 2.05) is 0 Å². The third-order valence-electron chi connectivity index (χ3n) is 2.46. The smallest absolute Gasteiger partial charge is 0.191 e. The Balaban J connectivity index is 2.69. The first-order chi connectivity index (χ1) is 8.82. The Kier molecular flexibility index (Phi) is 5.79. The van der Waals surface area contributed by atoms with Crippen molar-refractivity contribution in [2.45, 2.75) is 59.5 Å². The van der Waals surface area contributed by atoms with Gasteiger partial charge < -0.3 is 10.6 Å². The second-order valence-electron chi connectivity index (χ2n) is 5.87. The van der Waals surface area contributed by atoms with Gasteiger partial charge in [-0.05, 0) is 20.8 Å². The van der Waals surface area contributed by atoms with E-state index in [0.717, 1.165) is 23.2 Å². The molecule has 0 aliphatic heterocycles. The van der Waals surface area contributed by atoms with Gasteiger partial charge in [0.2, 0.25) is 0 Å². The molecule has 0 aliphatic rings. The van der Waals surface area contributed by atoms with Crippen LogP contribution in [0.15, 0.2) is 10.4 Å². The molecule has 4 nitrogen and oxygen atoms in total. The number of hydrogen-bond donors (Lipinski definition) is 2. The molecule has 1 aromatic heterocycles. The topological polar surface area (TPSA) is 49.3 Å². The van der Waals surface area contributed by atoms with Crippen molar-refractivity contribution in [2.75, 3.05) is 6.54 Å². The van der Waals surface area contributed by atoms with Crippen molar-refractivity contribution in [3.05, 3.63) is 16.1 Å². The highest BCUT2D eigenvalue weighted by molar-refractivity contribution is 7.09. The number of thiazole rings is 1. The SMILES string of the molecule is CCNC(=NCc1nc(C(C)(C)C)cs1)NC(C)C. The van der Waals surface area contributed by atoms with Gasteiger partial charge in [-0.25, -0.2) is 9.98 Å². The van der Waals surface area contributed by atoms with Crippen molar-refractivity contribution in [3.63, 3.8) is 0 Å². The molecular formula is C14H26N4S. The third-order valence-corrected chi connectivity index (χ3v) is 3.30. The lowest BCUT2D eigenvalue weighted by molar-refractivity contribution is 0.571. The highest BCUT2D eigenvalue weighted by Gasteiger charge is 2.17. The average Bonchev–Trinajstić information content (AvgIpc) is 2.73. The van der Waals surface area contributed by atoms with Crippen LogP contribution in [0, 0.1) is 0 Å². The second kappa shape index (κ2) is 6.89. The highest BCUT2D eigenvalue weighted by Crippen LogP contribution is 2.24. The standard InChI is InChI=1S/C14H26N4S/c1-7-15-13(17-10(2)3)16-8-12-18-11(9-19-12)14(4,5)6/h9-10H,7-8H2,1-6H3,(H2,15,16,17). The normalized spacial score (nSPS) is 12.9. The number of nitrogens with zero attached hydrogens (tertiary/aromatic N) is 2. The summed E-state index contributed by atoms with van der Waals surface area (Å²) in [5.41, 5.74) is 1.25. The van der Waals surface area contributed by atoms with Crippen LogP contribution in [0.2, 0.25) is 0 Å². The van der Waals surface area contributed by atoms with Crippen molar-refractivity contribution in [1.29, 1.82) is 0 Å². The molecule has 0 spiro atoms. The largest absolute Gasteiger partial charge is 0.357 e. The van der Waals surface area contributed by atoms with Gasteiger partial charge in [-0.15, -0.1) is 11.3 Å². The molecule has 0 saturated carbocycles. The fraction of sp³-hybridized carbons (Fsp3) is 0.714. The lowest BCUT2D eigenvalue weighted by Gasteiger charge is -2.14. The number of aromatic nitrogens is 1. The fourth-order valence-corrected chi connectivity index (χ4v) is 2.41. The summed E-state index contributed by atoms with van der Waals surface area (Å²) in [5, 5.41) is 9.73. The van der Waals surface area contributed by atoms with E-state index in [2.05, 4.69) is 67.5 Å². The summed E-state index contributed by atoms with van der Waals surface area (Å²) in [5.74, 6) is 0.852. The summed E-state index contributed by atoms with van der Waals surface area (Å²) in [6.45, 7) is 14.3. The minimum atomic E-state index is 0.110. The molecule has 0 aliphatic carbocycles. The Morgan fingerprint density at radius 3 is 2.58 bits per heavy atom. The van der Waals surface area contributed by atoms with Crippen LogP contribution in [0.1, 0.15) is 52.2 Å². The Bertz CT molecular complexity index is 415. The molecule has 2 N–H and O–H groups in total. The van der Waals surface area contributed by atoms with E-state index < -0.39 is 0 Å². The maximum Gasteiger partial charge on any atom is 0.191 e. The summed E-state index contributed by atoms with van der Waals surface area (Å²) in [4.78, 5) is 9.21. The molecule has 0 amide bonds. The quantitative estimate of drug-likeness (QED) is 0.659. The summed E-state index contributed by atoms with van der Waals surface area (Å²) in [6, 6.07) is 0.374. The van der Waals surface area contributed by atoms with E-state index >= 15 is 0 Å². The number of nitrogens with one attached hydrogen (secondary N) is 2. The molecule has 108 valence electrons. The Labute approximate surface area is 120 Å². The van der Waals surface area contributed by atoms with Gasteiger partial charge in [0, 0.05) is 23.4 Å². The molecule has 0 atom stereocenters. The van der Waals surface area contributed by atoms with Gasteiger partial charge >= 0.3 is 0 Å². The van der Waals surface area contributed by atoms with Crippen LogP contribution in [0.5, 0.6) is 0 Å². The first kappa shape index (κ1) is 16.0. The molecule has 0 unspecified atom stereocenters. The van der Waals surface area contributed by atoms with Crippen LogP contribution in [-0.2, 0) is 12.0 Å². The van der Waals surface area contributed by atoms with Gasteiger partial charge in [0.15, 0.2) is 5.96 Å². The van der Waals surface area contributed by atoms with Crippen LogP contribution in [0.3, 0.4) is 0 Å². The van der Waals surface area contributed by atoms with E-state index in [1.54, 1.807) is 11.3 Å². The van der Waals surface area contributed by atoms with Gasteiger partial charge in [0.25, 0.3) is 0 Å². The average molecular weight is 282 g/mol. The number of rotatable bonds is 4. The Hall–Kier alpha value is -1.10. The van der Waals surface area contributed by atoms with E-state index in [0.29, 0.717) is 12.6 Å². The van der Waals surface area contributed by atoms with Crippen molar-refractivity contribution in [3.8, 4) is 0 Å². The number of aliphatic imine (C=N–C) groups is 1. The van der Waals surface area contributed by atoms with Crippen molar-refractivity contribution in [2.24, 2.45) is 4.99 Å². The van der Waals surface area contributed by atoms with Gasteiger partial charge in [0.05, 0.1) is 12.2 Å². The fourth-order valence-electron chi connectivity index (χ4n) is 1.47. The predicted octanol–water partition coefficient (Wildman–Crippen LogP) is 2.90. The summed E-state index contributed by atoms with van der Waals surface area (Å²) < 4.78 is 0. The number of guanidine groups is 1. The maximum absolute atomic E-state index is 4.65. The van der Waals surface area contributed by atoms with Gasteiger partial charge in [0.1, 0.15) is 5.01 Å². The van der Waals surface area contributed by atoms with Crippen molar-refractivity contribution < 1.29 is 0 Å². The summed E-state index contributed by atoms with van der Waals surface area (Å²) in [6.07, 6.45) is 0. The van der Waals surface area contributed by atoms with E-state index in [1.165, 1.54) is 0 Å². The number of hydrogen-bond acceptors (Lipinski definition) is 3. The summed E-state index contributed by atoms with van der Waals surface area (Å²) in [7, 11) is 0. The zero-order valence-electron chi connectivity index (χ0n) is 12.9. The molecule has 0 aromatic carbocycles. The minimum Gasteiger partial charge on any atom is -0.357 e. The first-order valence-electron chi connectivity index (χ1n) is 6.82. The van der Waals surface area contributed by atoms with Crippen molar-refractivity contribution >= 4 is 17.3 Å². The van der Waals surface area contributed by atoms with Crippen LogP contribution >= 0.6 is 11.3 Å². The third kappa shape index (κ3) is 5.59. The second-order valence-corrected chi connectivity index (χ2v) is 6.81.